The van der Waals surface area contributed by atoms with E-state index in [-0.39, 0.29) is 11.8 Å². The van der Waals surface area contributed by atoms with Crippen LogP contribution < -0.4 is 10.9 Å². The Hall–Kier alpha value is -4.22. The van der Waals surface area contributed by atoms with Crippen LogP contribution in [0.25, 0.3) is 0 Å². The lowest BCUT2D eigenvalue weighted by molar-refractivity contribution is 0.0743. The molecule has 4 aromatic rings. The number of piperidine rings is 2. The van der Waals surface area contributed by atoms with Gasteiger partial charge in [0.25, 0.3) is 11.8 Å². The van der Waals surface area contributed by atoms with E-state index in [0.717, 1.165) is 129 Å². The van der Waals surface area contributed by atoms with E-state index in [0.29, 0.717) is 11.1 Å². The van der Waals surface area contributed by atoms with Crippen LogP contribution in [0, 0.1) is 0 Å². The minimum absolute atomic E-state index is 0.0592. The molecule has 0 radical (unpaired) electrons. The maximum atomic E-state index is 13.2. The van der Waals surface area contributed by atoms with Gasteiger partial charge in [0.1, 0.15) is 0 Å². The highest BCUT2D eigenvalue weighted by Gasteiger charge is 2.23. The fourth-order valence-corrected chi connectivity index (χ4v) is 10.2. The molecule has 4 heterocycles. The first kappa shape index (κ1) is 38.6. The normalized spacial score (nSPS) is 16.9. The van der Waals surface area contributed by atoms with E-state index in [1.54, 1.807) is 23.5 Å². The fraction of sp³-hybridized carbons (Fsp3) is 0.391. The Labute approximate surface area is 340 Å². The van der Waals surface area contributed by atoms with Crippen LogP contribution in [-0.2, 0) is 6.42 Å². The van der Waals surface area contributed by atoms with Crippen molar-refractivity contribution in [1.29, 1.82) is 0 Å². The maximum Gasteiger partial charge on any atom is 0.265 e. The average Bonchev–Trinajstić information content (AvgIpc) is 3.48. The highest BCUT2D eigenvalue weighted by Crippen LogP contribution is 2.44. The minimum Gasteiger partial charge on any atom is -0.285 e. The van der Waals surface area contributed by atoms with Gasteiger partial charge >= 0.3 is 0 Å². The van der Waals surface area contributed by atoms with Crippen molar-refractivity contribution in [3.63, 3.8) is 0 Å². The summed E-state index contributed by atoms with van der Waals surface area (Å²) < 4.78 is 0. The number of unbranched alkanes of at least 4 members (excludes halogenated alkanes) is 2. The number of rotatable bonds is 12. The third-order valence-electron chi connectivity index (χ3n) is 11.1. The highest BCUT2D eigenvalue weighted by atomic mass is 32.2. The van der Waals surface area contributed by atoms with Crippen LogP contribution in [-0.4, -0.2) is 59.4 Å². The molecule has 4 aliphatic heterocycles. The number of nitrogens with one attached hydrogen (secondary N) is 2. The standard InChI is InChI=1S/C46H52N6O2S2/c1-2-15-37-36-19-14-17-32(44(36)56-43-25-23-34(31-40(43)47-37)46(54)50-52-28-12-5-13-29-52)16-6-3-7-20-38-35-18-8-9-21-41(35)55-42-24-22-33(30-39(42)48-38)45(53)49-51-26-10-4-11-27-51/h8-9,14,17-19,21-25,30-31H,2-7,10-13,15-16,20,26-29H2,1H3,(H,49,53)(H,50,54). The molecule has 56 heavy (non-hydrogen) atoms. The van der Waals surface area contributed by atoms with Gasteiger partial charge in [-0.05, 0) is 106 Å². The van der Waals surface area contributed by atoms with Gasteiger partial charge in [-0.15, -0.1) is 0 Å². The predicted molar refractivity (Wildman–Crippen MR) is 229 cm³/mol. The van der Waals surface area contributed by atoms with Crippen LogP contribution >= 0.6 is 23.5 Å². The number of aliphatic imine (C=N–C) groups is 2. The van der Waals surface area contributed by atoms with Gasteiger partial charge in [-0.25, -0.2) is 10.0 Å². The minimum atomic E-state index is -0.0628. The van der Waals surface area contributed by atoms with Gasteiger partial charge in [-0.1, -0.05) is 92.5 Å². The number of fused-ring (bicyclic) bond motifs is 4. The highest BCUT2D eigenvalue weighted by molar-refractivity contribution is 8.00. The summed E-state index contributed by atoms with van der Waals surface area (Å²) in [6, 6.07) is 27.2. The molecule has 2 N–H and O–H groups in total. The number of hydrazine groups is 2. The number of hydrogen-bond donors (Lipinski definition) is 2. The van der Waals surface area contributed by atoms with E-state index in [2.05, 4.69) is 77.4 Å². The molecule has 0 bridgehead atoms. The number of nitrogens with zero attached hydrogens (tertiary/aromatic N) is 4. The molecule has 2 saturated heterocycles. The summed E-state index contributed by atoms with van der Waals surface area (Å²) >= 11 is 3.53. The monoisotopic (exact) mass is 784 g/mol. The topological polar surface area (TPSA) is 89.4 Å². The molecule has 0 unspecified atom stereocenters. The van der Waals surface area contributed by atoms with Crippen molar-refractivity contribution in [1.82, 2.24) is 20.9 Å². The first-order chi connectivity index (χ1) is 27.5. The van der Waals surface area contributed by atoms with Gasteiger partial charge in [-0.3, -0.25) is 30.4 Å². The summed E-state index contributed by atoms with van der Waals surface area (Å²) in [6.45, 7) is 5.81. The lowest BCUT2D eigenvalue weighted by atomic mass is 9.98. The molecule has 8 rings (SSSR count). The van der Waals surface area contributed by atoms with Gasteiger partial charge in [0, 0.05) is 79.4 Å². The molecule has 2 fully saturated rings. The van der Waals surface area contributed by atoms with Crippen LogP contribution in [0.1, 0.15) is 121 Å². The van der Waals surface area contributed by atoms with Crippen LogP contribution in [0.4, 0.5) is 11.4 Å². The zero-order valence-electron chi connectivity index (χ0n) is 32.4. The summed E-state index contributed by atoms with van der Waals surface area (Å²) in [7, 11) is 0. The lowest BCUT2D eigenvalue weighted by Gasteiger charge is -2.26. The Balaban J connectivity index is 0.945. The average molecular weight is 785 g/mol. The number of carbonyl (C=O) groups is 2. The van der Waals surface area contributed by atoms with E-state index in [4.69, 9.17) is 9.98 Å². The predicted octanol–water partition coefficient (Wildman–Crippen LogP) is 10.7. The van der Waals surface area contributed by atoms with E-state index in [1.807, 2.05) is 29.3 Å². The Morgan fingerprint density at radius 1 is 0.589 bits per heavy atom. The summed E-state index contributed by atoms with van der Waals surface area (Å²) in [6.07, 6.45) is 13.8. The smallest absolute Gasteiger partial charge is 0.265 e. The number of carbonyl (C=O) groups excluding carboxylic acids is 2. The van der Waals surface area contributed by atoms with Gasteiger partial charge < -0.3 is 0 Å². The third kappa shape index (κ3) is 9.15. The lowest BCUT2D eigenvalue weighted by Crippen LogP contribution is -2.45. The maximum absolute atomic E-state index is 13.2. The van der Waals surface area contributed by atoms with Gasteiger partial charge in [0.05, 0.1) is 11.4 Å². The van der Waals surface area contributed by atoms with Crippen molar-refractivity contribution in [2.24, 2.45) is 9.98 Å². The Morgan fingerprint density at radius 2 is 1.16 bits per heavy atom. The Morgan fingerprint density at radius 3 is 1.80 bits per heavy atom. The van der Waals surface area contributed by atoms with Crippen molar-refractivity contribution in [2.75, 3.05) is 26.2 Å². The molecular formula is C46H52N6O2S2. The van der Waals surface area contributed by atoms with Crippen LogP contribution in [0.15, 0.2) is 108 Å². The number of hydrogen-bond acceptors (Lipinski definition) is 8. The van der Waals surface area contributed by atoms with E-state index >= 15 is 0 Å². The Kier molecular flexibility index (Phi) is 12.7. The van der Waals surface area contributed by atoms with Gasteiger partial charge in [0.2, 0.25) is 0 Å². The molecule has 290 valence electrons. The second kappa shape index (κ2) is 18.4. The fourth-order valence-electron chi connectivity index (χ4n) is 8.06. The SMILES string of the molecule is CCCC1=Nc2cc(C(=O)NN3CCCCC3)ccc2Sc2c(CCCCCC3=Nc4cc(C(=O)NN5CCCCC5)ccc4Sc4ccccc43)cccc21. The third-order valence-corrected chi connectivity index (χ3v) is 13.5. The molecule has 2 amide bonds. The van der Waals surface area contributed by atoms with E-state index in [1.165, 1.54) is 39.3 Å². The van der Waals surface area contributed by atoms with Crippen molar-refractivity contribution >= 4 is 58.1 Å². The quantitative estimate of drug-likeness (QED) is 0.139. The second-order valence-electron chi connectivity index (χ2n) is 15.3. The van der Waals surface area contributed by atoms with Crippen molar-refractivity contribution in [3.05, 3.63) is 107 Å². The first-order valence-electron chi connectivity index (χ1n) is 20.6. The van der Waals surface area contributed by atoms with Crippen LogP contribution in [0.2, 0.25) is 0 Å². The van der Waals surface area contributed by atoms with Crippen LogP contribution in [0.5, 0.6) is 0 Å². The molecule has 0 aliphatic carbocycles. The summed E-state index contributed by atoms with van der Waals surface area (Å²) in [5.41, 5.74) is 15.2. The summed E-state index contributed by atoms with van der Waals surface area (Å²) in [4.78, 5) is 41.6. The molecule has 0 aromatic heterocycles. The molecule has 0 saturated carbocycles. The summed E-state index contributed by atoms with van der Waals surface area (Å²) in [5, 5.41) is 4.10. The Bertz CT molecular complexity index is 2140. The first-order valence-corrected chi connectivity index (χ1v) is 22.3. The molecule has 10 heteroatoms. The largest absolute Gasteiger partial charge is 0.285 e. The molecule has 0 spiro atoms. The number of benzene rings is 4. The molecule has 8 nitrogen and oxygen atoms in total. The summed E-state index contributed by atoms with van der Waals surface area (Å²) in [5.74, 6) is -0.122. The zero-order chi connectivity index (χ0) is 38.3. The van der Waals surface area contributed by atoms with Gasteiger partial charge in [0.15, 0.2) is 0 Å². The van der Waals surface area contributed by atoms with E-state index in [9.17, 15) is 9.59 Å². The second-order valence-corrected chi connectivity index (χ2v) is 17.4. The van der Waals surface area contributed by atoms with Crippen molar-refractivity contribution < 1.29 is 9.59 Å². The molecular weight excluding hydrogens is 733 g/mol. The number of amides is 2. The molecule has 4 aromatic carbocycles. The van der Waals surface area contributed by atoms with E-state index < -0.39 is 0 Å². The molecule has 4 aliphatic rings. The number of aryl methyl sites for hydroxylation is 1. The van der Waals surface area contributed by atoms with Gasteiger partial charge in [-0.2, -0.15) is 0 Å². The van der Waals surface area contributed by atoms with Crippen LogP contribution in [0.3, 0.4) is 0 Å². The van der Waals surface area contributed by atoms with Crippen molar-refractivity contribution in [2.45, 2.75) is 110 Å². The van der Waals surface area contributed by atoms with Crippen molar-refractivity contribution in [3.8, 4) is 0 Å². The zero-order valence-corrected chi connectivity index (χ0v) is 34.1. The molecule has 0 atom stereocenters.